The van der Waals surface area contributed by atoms with Crippen LogP contribution in [-0.2, 0) is 25.9 Å². The largest absolute Gasteiger partial charge is 0.383 e. The first-order chi connectivity index (χ1) is 9.43. The van der Waals surface area contributed by atoms with Crippen molar-refractivity contribution in [2.75, 3.05) is 33.1 Å². The number of benzene rings is 1. The van der Waals surface area contributed by atoms with Gasteiger partial charge in [-0.05, 0) is 17.7 Å². The Morgan fingerprint density at radius 1 is 1.24 bits per heavy atom. The lowest BCUT2D eigenvalue weighted by atomic mass is 10.2. The van der Waals surface area contributed by atoms with Gasteiger partial charge in [-0.3, -0.25) is 4.79 Å². The number of nitrogens with one attached hydrogen (secondary N) is 2. The van der Waals surface area contributed by atoms with Crippen molar-refractivity contribution in [1.29, 1.82) is 0 Å². The number of carbonyl (C=O) groups is 1. The number of hydrogen-bond acceptors (Lipinski definition) is 5. The van der Waals surface area contributed by atoms with Crippen molar-refractivity contribution >= 4 is 28.2 Å². The topological polar surface area (TPSA) is 84.5 Å². The average Bonchev–Trinajstić information content (AvgIpc) is 2.41. The molecule has 0 bridgehead atoms. The van der Waals surface area contributed by atoms with E-state index >= 15 is 0 Å². The van der Waals surface area contributed by atoms with E-state index < -0.39 is 9.84 Å². The summed E-state index contributed by atoms with van der Waals surface area (Å²) in [7, 11) is -1.58. The Kier molecular flexibility index (Phi) is 9.19. The standard InChI is InChI=1S/C13H20N2O4S.ClH/c1-19-8-7-14-10-13(16)15-9-11-3-5-12(6-4-11)20(2,17)18;/h3-6,14H,7-10H2,1-2H3,(H,15,16);1H. The lowest BCUT2D eigenvalue weighted by Crippen LogP contribution is -2.34. The molecule has 0 spiro atoms. The first-order valence-corrected chi connectivity index (χ1v) is 8.08. The summed E-state index contributed by atoms with van der Waals surface area (Å²) in [6.07, 6.45) is 1.16. The highest BCUT2D eigenvalue weighted by Crippen LogP contribution is 2.09. The van der Waals surface area contributed by atoms with Gasteiger partial charge in [-0.25, -0.2) is 8.42 Å². The van der Waals surface area contributed by atoms with Crippen molar-refractivity contribution in [3.63, 3.8) is 0 Å². The fourth-order valence-electron chi connectivity index (χ4n) is 1.49. The van der Waals surface area contributed by atoms with Gasteiger partial charge in [0, 0.05) is 26.5 Å². The second-order valence-corrected chi connectivity index (χ2v) is 6.38. The molecule has 6 nitrogen and oxygen atoms in total. The van der Waals surface area contributed by atoms with Gasteiger partial charge in [-0.15, -0.1) is 12.4 Å². The third kappa shape index (κ3) is 8.01. The summed E-state index contributed by atoms with van der Waals surface area (Å²) in [4.78, 5) is 11.8. The van der Waals surface area contributed by atoms with E-state index in [2.05, 4.69) is 10.6 Å². The van der Waals surface area contributed by atoms with Crippen LogP contribution in [-0.4, -0.2) is 47.4 Å². The van der Waals surface area contributed by atoms with Crippen molar-refractivity contribution in [2.24, 2.45) is 0 Å². The van der Waals surface area contributed by atoms with Crippen LogP contribution < -0.4 is 10.6 Å². The van der Waals surface area contributed by atoms with E-state index in [0.717, 1.165) is 11.8 Å². The summed E-state index contributed by atoms with van der Waals surface area (Å²) < 4.78 is 27.4. The van der Waals surface area contributed by atoms with E-state index in [0.29, 0.717) is 19.7 Å². The lowest BCUT2D eigenvalue weighted by Gasteiger charge is -2.07. The van der Waals surface area contributed by atoms with Crippen LogP contribution in [0, 0.1) is 0 Å². The first kappa shape index (κ1) is 19.9. The Hall–Kier alpha value is -1.15. The number of halogens is 1. The van der Waals surface area contributed by atoms with E-state index in [1.165, 1.54) is 12.1 Å². The average molecular weight is 337 g/mol. The molecule has 0 aliphatic heterocycles. The quantitative estimate of drug-likeness (QED) is 0.670. The first-order valence-electron chi connectivity index (χ1n) is 6.19. The monoisotopic (exact) mass is 336 g/mol. The van der Waals surface area contributed by atoms with Gasteiger partial charge in [-0.2, -0.15) is 0 Å². The van der Waals surface area contributed by atoms with Gasteiger partial charge in [0.1, 0.15) is 0 Å². The summed E-state index contributed by atoms with van der Waals surface area (Å²) in [6.45, 7) is 1.77. The lowest BCUT2D eigenvalue weighted by molar-refractivity contribution is -0.120. The molecular weight excluding hydrogens is 316 g/mol. The molecule has 0 atom stereocenters. The molecule has 0 aliphatic rings. The summed E-state index contributed by atoms with van der Waals surface area (Å²) in [6, 6.07) is 6.45. The van der Waals surface area contributed by atoms with Crippen LogP contribution in [0.15, 0.2) is 29.2 Å². The van der Waals surface area contributed by atoms with Crippen molar-refractivity contribution in [3.8, 4) is 0 Å². The van der Waals surface area contributed by atoms with Gasteiger partial charge >= 0.3 is 0 Å². The van der Waals surface area contributed by atoms with E-state index in [9.17, 15) is 13.2 Å². The molecule has 0 fully saturated rings. The van der Waals surface area contributed by atoms with Crippen LogP contribution in [0.5, 0.6) is 0 Å². The second kappa shape index (κ2) is 9.73. The Morgan fingerprint density at radius 2 is 1.86 bits per heavy atom. The fraction of sp³-hybridized carbons (Fsp3) is 0.462. The van der Waals surface area contributed by atoms with Gasteiger partial charge in [0.25, 0.3) is 0 Å². The molecule has 0 unspecified atom stereocenters. The van der Waals surface area contributed by atoms with Gasteiger partial charge in [-0.1, -0.05) is 12.1 Å². The molecule has 1 aromatic rings. The van der Waals surface area contributed by atoms with Crippen molar-refractivity contribution in [2.45, 2.75) is 11.4 Å². The number of carbonyl (C=O) groups excluding carboxylic acids is 1. The maximum atomic E-state index is 11.5. The minimum atomic E-state index is -3.18. The second-order valence-electron chi connectivity index (χ2n) is 4.36. The smallest absolute Gasteiger partial charge is 0.234 e. The maximum Gasteiger partial charge on any atom is 0.234 e. The molecular formula is C13H21ClN2O4S. The van der Waals surface area contributed by atoms with Gasteiger partial charge < -0.3 is 15.4 Å². The summed E-state index contributed by atoms with van der Waals surface area (Å²) in [5, 5.41) is 5.68. The predicted octanol–water partition coefficient (Wildman–Crippen LogP) is 0.364. The van der Waals surface area contributed by atoms with Crippen LogP contribution in [0.4, 0.5) is 0 Å². The minimum Gasteiger partial charge on any atom is -0.383 e. The fourth-order valence-corrected chi connectivity index (χ4v) is 2.12. The third-order valence-corrected chi connectivity index (χ3v) is 3.74. The molecule has 21 heavy (non-hydrogen) atoms. The number of rotatable bonds is 8. The molecule has 120 valence electrons. The molecule has 2 N–H and O–H groups in total. The SMILES string of the molecule is COCCNCC(=O)NCc1ccc(S(C)(=O)=O)cc1.Cl. The highest BCUT2D eigenvalue weighted by atomic mass is 35.5. The molecule has 0 saturated heterocycles. The van der Waals surface area contributed by atoms with Crippen molar-refractivity contribution in [3.05, 3.63) is 29.8 Å². The van der Waals surface area contributed by atoms with Crippen LogP contribution >= 0.6 is 12.4 Å². The van der Waals surface area contributed by atoms with E-state index in [1.54, 1.807) is 19.2 Å². The van der Waals surface area contributed by atoms with Crippen LogP contribution in [0.1, 0.15) is 5.56 Å². The normalized spacial score (nSPS) is 10.8. The number of sulfone groups is 1. The summed E-state index contributed by atoms with van der Waals surface area (Å²) >= 11 is 0. The highest BCUT2D eigenvalue weighted by molar-refractivity contribution is 7.90. The van der Waals surface area contributed by atoms with Crippen LogP contribution in [0.3, 0.4) is 0 Å². The van der Waals surface area contributed by atoms with E-state index in [4.69, 9.17) is 4.74 Å². The van der Waals surface area contributed by atoms with Gasteiger partial charge in [0.2, 0.25) is 5.91 Å². The van der Waals surface area contributed by atoms with Crippen LogP contribution in [0.25, 0.3) is 0 Å². The Balaban J connectivity index is 0.00000400. The Labute approximate surface area is 131 Å². The minimum absolute atomic E-state index is 0. The van der Waals surface area contributed by atoms with Crippen molar-refractivity contribution in [1.82, 2.24) is 10.6 Å². The van der Waals surface area contributed by atoms with E-state index in [-0.39, 0.29) is 29.8 Å². The zero-order chi connectivity index (χ0) is 15.0. The number of ether oxygens (including phenoxy) is 1. The molecule has 0 radical (unpaired) electrons. The van der Waals surface area contributed by atoms with Gasteiger partial charge in [0.05, 0.1) is 18.0 Å². The summed E-state index contributed by atoms with van der Waals surface area (Å²) in [5.74, 6) is -0.117. The zero-order valence-corrected chi connectivity index (χ0v) is 13.7. The molecule has 1 rings (SSSR count). The highest BCUT2D eigenvalue weighted by Gasteiger charge is 2.06. The van der Waals surface area contributed by atoms with Gasteiger partial charge in [0.15, 0.2) is 9.84 Å². The molecule has 0 saturated carbocycles. The summed E-state index contributed by atoms with van der Waals surface area (Å²) in [5.41, 5.74) is 0.850. The molecule has 8 heteroatoms. The Morgan fingerprint density at radius 3 is 2.38 bits per heavy atom. The third-order valence-electron chi connectivity index (χ3n) is 2.61. The predicted molar refractivity (Wildman–Crippen MR) is 83.4 cm³/mol. The van der Waals surface area contributed by atoms with Crippen LogP contribution in [0.2, 0.25) is 0 Å². The zero-order valence-electron chi connectivity index (χ0n) is 12.1. The molecule has 0 aromatic heterocycles. The molecule has 0 aliphatic carbocycles. The number of amides is 1. The Bertz CT molecular complexity index is 532. The maximum absolute atomic E-state index is 11.5. The number of hydrogen-bond donors (Lipinski definition) is 2. The molecule has 1 amide bonds. The molecule has 0 heterocycles. The molecule has 1 aromatic carbocycles. The number of methoxy groups -OCH3 is 1. The van der Waals surface area contributed by atoms with Crippen molar-refractivity contribution < 1.29 is 17.9 Å². The van der Waals surface area contributed by atoms with E-state index in [1.807, 2.05) is 0 Å².